The number of aromatic nitrogens is 5. The number of nitrogens with zero attached hydrogens (tertiary/aromatic N) is 5. The fourth-order valence-electron chi connectivity index (χ4n) is 3.08. The molecule has 3 heterocycles. The fourth-order valence-corrected chi connectivity index (χ4v) is 3.08. The number of aryl methyl sites for hydroxylation is 1. The van der Waals surface area contributed by atoms with Gasteiger partial charge in [-0.05, 0) is 30.7 Å². The molecule has 3 aromatic heterocycles. The predicted octanol–water partition coefficient (Wildman–Crippen LogP) is 3.02. The van der Waals surface area contributed by atoms with Gasteiger partial charge in [-0.25, -0.2) is 4.68 Å². The van der Waals surface area contributed by atoms with Crippen LogP contribution in [0.2, 0.25) is 0 Å². The number of rotatable bonds is 6. The minimum Gasteiger partial charge on any atom is -0.492 e. The maximum atomic E-state index is 12.3. The Bertz CT molecular complexity index is 1180. The summed E-state index contributed by atoms with van der Waals surface area (Å²) in [6, 6.07) is 13.4. The topological polar surface area (TPSA) is 74.8 Å². The second-order valence-electron chi connectivity index (χ2n) is 6.63. The molecule has 0 saturated heterocycles. The first-order chi connectivity index (χ1) is 14.1. The average molecular weight is 387 g/mol. The highest BCUT2D eigenvalue weighted by Gasteiger charge is 2.08. The predicted molar refractivity (Wildman–Crippen MR) is 110 cm³/mol. The Morgan fingerprint density at radius 2 is 2.00 bits per heavy atom. The van der Waals surface area contributed by atoms with Gasteiger partial charge in [0, 0.05) is 31.3 Å². The first kappa shape index (κ1) is 18.6. The van der Waals surface area contributed by atoms with E-state index < -0.39 is 0 Å². The van der Waals surface area contributed by atoms with Crippen LogP contribution in [-0.4, -0.2) is 31.2 Å². The molecular weight excluding hydrogens is 366 g/mol. The van der Waals surface area contributed by atoms with Crippen molar-refractivity contribution in [2.24, 2.45) is 7.05 Å². The van der Waals surface area contributed by atoms with Gasteiger partial charge in [0.05, 0.1) is 30.9 Å². The third-order valence-electron chi connectivity index (χ3n) is 4.48. The molecule has 4 aromatic rings. The van der Waals surface area contributed by atoms with E-state index >= 15 is 0 Å². The zero-order chi connectivity index (χ0) is 20.2. The van der Waals surface area contributed by atoms with Gasteiger partial charge in [-0.15, -0.1) is 0 Å². The SMILES string of the molecule is CCOc1ccc(-c2cccc(Cc3nn(-c4cnn(C)c4)ccc3=O)c2)nc1. The first-order valence-corrected chi connectivity index (χ1v) is 9.38. The number of benzene rings is 1. The number of hydrogen-bond acceptors (Lipinski definition) is 5. The van der Waals surface area contributed by atoms with Crippen LogP contribution in [0.1, 0.15) is 18.2 Å². The fraction of sp³-hybridized carbons (Fsp3) is 0.182. The normalized spacial score (nSPS) is 10.8. The molecule has 0 saturated carbocycles. The summed E-state index contributed by atoms with van der Waals surface area (Å²) in [5.74, 6) is 0.747. The molecule has 0 bridgehead atoms. The number of ether oxygens (including phenoxy) is 1. The second kappa shape index (κ2) is 8.10. The molecule has 1 aromatic carbocycles. The van der Waals surface area contributed by atoms with Crippen molar-refractivity contribution in [3.63, 3.8) is 0 Å². The molecule has 29 heavy (non-hydrogen) atoms. The summed E-state index contributed by atoms with van der Waals surface area (Å²) in [4.78, 5) is 16.8. The monoisotopic (exact) mass is 387 g/mol. The molecule has 7 nitrogen and oxygen atoms in total. The molecule has 4 rings (SSSR count). The molecule has 0 unspecified atom stereocenters. The summed E-state index contributed by atoms with van der Waals surface area (Å²) in [5, 5.41) is 8.66. The molecule has 0 aliphatic rings. The lowest BCUT2D eigenvalue weighted by Crippen LogP contribution is -2.16. The van der Waals surface area contributed by atoms with Gasteiger partial charge in [0.1, 0.15) is 17.1 Å². The lowest BCUT2D eigenvalue weighted by Gasteiger charge is -2.08. The van der Waals surface area contributed by atoms with E-state index in [4.69, 9.17) is 4.74 Å². The van der Waals surface area contributed by atoms with Crippen molar-refractivity contribution in [1.29, 1.82) is 0 Å². The summed E-state index contributed by atoms with van der Waals surface area (Å²) >= 11 is 0. The van der Waals surface area contributed by atoms with Gasteiger partial charge in [0.2, 0.25) is 5.43 Å². The highest BCUT2D eigenvalue weighted by molar-refractivity contribution is 5.60. The highest BCUT2D eigenvalue weighted by atomic mass is 16.5. The molecule has 0 aliphatic heterocycles. The zero-order valence-corrected chi connectivity index (χ0v) is 16.3. The lowest BCUT2D eigenvalue weighted by molar-refractivity contribution is 0.339. The molecule has 0 spiro atoms. The van der Waals surface area contributed by atoms with E-state index in [1.807, 2.05) is 56.6 Å². The van der Waals surface area contributed by atoms with Gasteiger partial charge in [-0.2, -0.15) is 10.2 Å². The molecule has 7 heteroatoms. The Morgan fingerprint density at radius 1 is 1.10 bits per heavy atom. The Kier molecular flexibility index (Phi) is 5.20. The van der Waals surface area contributed by atoms with E-state index in [0.29, 0.717) is 18.7 Å². The van der Waals surface area contributed by atoms with Gasteiger partial charge < -0.3 is 4.74 Å². The largest absolute Gasteiger partial charge is 0.492 e. The zero-order valence-electron chi connectivity index (χ0n) is 16.3. The Balaban J connectivity index is 1.60. The van der Waals surface area contributed by atoms with Crippen LogP contribution < -0.4 is 10.2 Å². The minimum atomic E-state index is -0.0882. The van der Waals surface area contributed by atoms with Crippen LogP contribution in [-0.2, 0) is 13.5 Å². The average Bonchev–Trinajstić information content (AvgIpc) is 3.17. The minimum absolute atomic E-state index is 0.0882. The Morgan fingerprint density at radius 3 is 2.72 bits per heavy atom. The maximum absolute atomic E-state index is 12.3. The van der Waals surface area contributed by atoms with Crippen molar-refractivity contribution in [3.05, 3.63) is 88.7 Å². The molecule has 0 amide bonds. The molecule has 0 N–H and O–H groups in total. The summed E-state index contributed by atoms with van der Waals surface area (Å²) < 4.78 is 8.81. The van der Waals surface area contributed by atoms with Gasteiger partial charge in [0.25, 0.3) is 0 Å². The van der Waals surface area contributed by atoms with Crippen LogP contribution >= 0.6 is 0 Å². The van der Waals surface area contributed by atoms with Crippen LogP contribution in [0, 0.1) is 0 Å². The van der Waals surface area contributed by atoms with Crippen molar-refractivity contribution in [3.8, 4) is 22.7 Å². The molecule has 146 valence electrons. The Hall–Kier alpha value is -3.74. The quantitative estimate of drug-likeness (QED) is 0.508. The van der Waals surface area contributed by atoms with E-state index in [0.717, 1.165) is 28.3 Å². The van der Waals surface area contributed by atoms with Crippen molar-refractivity contribution in [2.75, 3.05) is 6.61 Å². The van der Waals surface area contributed by atoms with E-state index in [-0.39, 0.29) is 5.43 Å². The number of hydrogen-bond donors (Lipinski definition) is 0. The lowest BCUT2D eigenvalue weighted by atomic mass is 10.0. The van der Waals surface area contributed by atoms with Gasteiger partial charge in [-0.1, -0.05) is 18.2 Å². The summed E-state index contributed by atoms with van der Waals surface area (Å²) in [5.41, 5.74) is 4.02. The van der Waals surface area contributed by atoms with Crippen molar-refractivity contribution in [1.82, 2.24) is 24.5 Å². The third-order valence-corrected chi connectivity index (χ3v) is 4.48. The summed E-state index contributed by atoms with van der Waals surface area (Å²) in [6.45, 7) is 2.55. The molecule has 0 radical (unpaired) electrons. The Labute approximate surface area is 168 Å². The van der Waals surface area contributed by atoms with Gasteiger partial charge >= 0.3 is 0 Å². The van der Waals surface area contributed by atoms with E-state index in [1.165, 1.54) is 6.07 Å². The van der Waals surface area contributed by atoms with Crippen LogP contribution in [0.3, 0.4) is 0 Å². The van der Waals surface area contributed by atoms with Crippen molar-refractivity contribution in [2.45, 2.75) is 13.3 Å². The maximum Gasteiger partial charge on any atom is 0.203 e. The molecular formula is C22H21N5O2. The van der Waals surface area contributed by atoms with Gasteiger partial charge in [0.15, 0.2) is 0 Å². The summed E-state index contributed by atoms with van der Waals surface area (Å²) in [6.07, 6.45) is 7.36. The summed E-state index contributed by atoms with van der Waals surface area (Å²) in [7, 11) is 1.84. The van der Waals surface area contributed by atoms with Crippen molar-refractivity contribution < 1.29 is 4.74 Å². The van der Waals surface area contributed by atoms with Crippen LogP contribution in [0.5, 0.6) is 5.75 Å². The van der Waals surface area contributed by atoms with E-state index in [9.17, 15) is 4.79 Å². The number of pyridine rings is 1. The molecule has 0 aliphatic carbocycles. The van der Waals surface area contributed by atoms with Crippen LogP contribution in [0.15, 0.2) is 72.0 Å². The standard InChI is InChI=1S/C22H21N5O2/c1-3-29-19-7-8-20(23-14-19)17-6-4-5-16(11-17)12-21-22(28)9-10-27(25-21)18-13-24-26(2)15-18/h4-11,13-15H,3,12H2,1-2H3. The van der Waals surface area contributed by atoms with E-state index in [2.05, 4.69) is 15.2 Å². The van der Waals surface area contributed by atoms with E-state index in [1.54, 1.807) is 28.0 Å². The van der Waals surface area contributed by atoms with Crippen LogP contribution in [0.25, 0.3) is 16.9 Å². The molecule has 0 atom stereocenters. The second-order valence-corrected chi connectivity index (χ2v) is 6.63. The third kappa shape index (κ3) is 4.24. The first-order valence-electron chi connectivity index (χ1n) is 9.38. The van der Waals surface area contributed by atoms with Crippen LogP contribution in [0.4, 0.5) is 0 Å². The van der Waals surface area contributed by atoms with Crippen molar-refractivity contribution >= 4 is 0 Å². The smallest absolute Gasteiger partial charge is 0.203 e. The molecule has 0 fully saturated rings. The van der Waals surface area contributed by atoms with Gasteiger partial charge in [-0.3, -0.25) is 14.5 Å². The highest BCUT2D eigenvalue weighted by Crippen LogP contribution is 2.21.